The number of aryl methyl sites for hydroxylation is 2. The number of hydrogen-bond donors (Lipinski definition) is 2. The van der Waals surface area contributed by atoms with Gasteiger partial charge in [-0.25, -0.2) is 9.98 Å². The Kier molecular flexibility index (Phi) is 9.31. The van der Waals surface area contributed by atoms with Gasteiger partial charge in [0.15, 0.2) is 5.96 Å². The summed E-state index contributed by atoms with van der Waals surface area (Å²) in [5.74, 6) is 7.51. The van der Waals surface area contributed by atoms with Gasteiger partial charge in [0.2, 0.25) is 5.89 Å². The minimum absolute atomic E-state index is 0. The van der Waals surface area contributed by atoms with E-state index in [1.54, 1.807) is 0 Å². The average molecular weight is 506 g/mol. The monoisotopic (exact) mass is 506 g/mol. The van der Waals surface area contributed by atoms with Crippen molar-refractivity contribution in [3.63, 3.8) is 0 Å². The summed E-state index contributed by atoms with van der Waals surface area (Å²) in [7, 11) is 0. The van der Waals surface area contributed by atoms with Crippen molar-refractivity contribution in [1.29, 1.82) is 0 Å². The molecule has 0 aliphatic heterocycles. The van der Waals surface area contributed by atoms with Gasteiger partial charge >= 0.3 is 6.18 Å². The van der Waals surface area contributed by atoms with Gasteiger partial charge in [0.25, 0.3) is 0 Å². The number of rotatable bonds is 4. The molecule has 0 radical (unpaired) electrons. The highest BCUT2D eigenvalue weighted by Crippen LogP contribution is 2.28. The van der Waals surface area contributed by atoms with E-state index in [2.05, 4.69) is 32.5 Å². The Hall–Kier alpha value is -2.22. The second-order valence-corrected chi connectivity index (χ2v) is 5.67. The van der Waals surface area contributed by atoms with Gasteiger partial charge in [-0.05, 0) is 45.0 Å². The molecule has 0 saturated carbocycles. The molecule has 0 unspecified atom stereocenters. The quantitative estimate of drug-likeness (QED) is 0.285. The van der Waals surface area contributed by atoms with Gasteiger partial charge in [-0.2, -0.15) is 13.2 Å². The lowest BCUT2D eigenvalue weighted by molar-refractivity contribution is -0.137. The number of benzene rings is 1. The smallest absolute Gasteiger partial charge is 0.416 e. The molecule has 0 aliphatic rings. The molecule has 0 spiro atoms. The normalized spacial score (nSPS) is 11.3. The molecule has 2 N–H and O–H groups in total. The molecule has 0 aliphatic carbocycles. The van der Waals surface area contributed by atoms with Crippen molar-refractivity contribution < 1.29 is 17.6 Å². The SMILES string of the molecule is CCNC(=NCc1nc(C)c(C)o1)NCC#Cc1ccc(C(F)(F)F)cc1.I. The average Bonchev–Trinajstić information content (AvgIpc) is 2.94. The summed E-state index contributed by atoms with van der Waals surface area (Å²) in [4.78, 5) is 8.63. The van der Waals surface area contributed by atoms with Crippen LogP contribution in [0.25, 0.3) is 0 Å². The molecule has 5 nitrogen and oxygen atoms in total. The van der Waals surface area contributed by atoms with Crippen molar-refractivity contribution in [2.75, 3.05) is 13.1 Å². The van der Waals surface area contributed by atoms with Crippen molar-refractivity contribution in [2.45, 2.75) is 33.5 Å². The topological polar surface area (TPSA) is 62.5 Å². The van der Waals surface area contributed by atoms with Gasteiger partial charge in [0.1, 0.15) is 12.3 Å². The van der Waals surface area contributed by atoms with E-state index in [0.717, 1.165) is 23.6 Å². The van der Waals surface area contributed by atoms with Crippen molar-refractivity contribution in [3.05, 3.63) is 52.7 Å². The number of alkyl halides is 3. The predicted molar refractivity (Wildman–Crippen MR) is 113 cm³/mol. The van der Waals surface area contributed by atoms with Crippen LogP contribution in [0.15, 0.2) is 33.7 Å². The second-order valence-electron chi connectivity index (χ2n) is 5.67. The molecular weight excluding hydrogens is 484 g/mol. The summed E-state index contributed by atoms with van der Waals surface area (Å²) < 4.78 is 43.1. The summed E-state index contributed by atoms with van der Waals surface area (Å²) in [5.41, 5.74) is 0.655. The second kappa shape index (κ2) is 10.9. The number of nitrogens with zero attached hydrogens (tertiary/aromatic N) is 2. The van der Waals surface area contributed by atoms with Crippen molar-refractivity contribution in [2.24, 2.45) is 4.99 Å². The highest BCUT2D eigenvalue weighted by molar-refractivity contribution is 14.0. The number of aromatic nitrogens is 1. The zero-order valence-electron chi connectivity index (χ0n) is 15.8. The number of oxazole rings is 1. The van der Waals surface area contributed by atoms with E-state index in [1.807, 2.05) is 20.8 Å². The van der Waals surface area contributed by atoms with Crippen LogP contribution >= 0.6 is 24.0 Å². The largest absolute Gasteiger partial charge is 0.444 e. The van der Waals surface area contributed by atoms with Crippen molar-refractivity contribution in [3.8, 4) is 11.8 Å². The highest BCUT2D eigenvalue weighted by atomic mass is 127. The zero-order valence-corrected chi connectivity index (χ0v) is 18.1. The fourth-order valence-corrected chi connectivity index (χ4v) is 2.11. The number of halogens is 4. The van der Waals surface area contributed by atoms with Gasteiger partial charge < -0.3 is 15.1 Å². The number of nitrogens with one attached hydrogen (secondary N) is 2. The maximum atomic E-state index is 12.5. The molecule has 152 valence electrons. The summed E-state index contributed by atoms with van der Waals surface area (Å²) in [6.45, 7) is 6.89. The molecule has 2 rings (SSSR count). The van der Waals surface area contributed by atoms with E-state index in [1.165, 1.54) is 12.1 Å². The van der Waals surface area contributed by atoms with Gasteiger partial charge in [-0.1, -0.05) is 11.8 Å². The van der Waals surface area contributed by atoms with Crippen LogP contribution in [0.3, 0.4) is 0 Å². The van der Waals surface area contributed by atoms with Crippen LogP contribution in [0.5, 0.6) is 0 Å². The summed E-state index contributed by atoms with van der Waals surface area (Å²) >= 11 is 0. The van der Waals surface area contributed by atoms with Crippen LogP contribution in [0.2, 0.25) is 0 Å². The predicted octanol–water partition coefficient (Wildman–Crippen LogP) is 4.04. The molecule has 0 atom stereocenters. The van der Waals surface area contributed by atoms with Gasteiger partial charge in [0.05, 0.1) is 17.8 Å². The minimum Gasteiger partial charge on any atom is -0.444 e. The van der Waals surface area contributed by atoms with Crippen LogP contribution in [0.4, 0.5) is 13.2 Å². The zero-order chi connectivity index (χ0) is 19.9. The van der Waals surface area contributed by atoms with Gasteiger partial charge in [-0.15, -0.1) is 24.0 Å². The van der Waals surface area contributed by atoms with E-state index in [9.17, 15) is 13.2 Å². The standard InChI is InChI=1S/C19H21F3N4O.HI/c1-4-23-18(25-12-17-26-13(2)14(3)27-17)24-11-5-6-15-7-9-16(10-8-15)19(20,21)22;/h7-10H,4,11-12H2,1-3H3,(H2,23,24,25);1H. The van der Waals surface area contributed by atoms with Crippen molar-refractivity contribution >= 4 is 29.9 Å². The summed E-state index contributed by atoms with van der Waals surface area (Å²) in [6, 6.07) is 4.73. The third kappa shape index (κ3) is 7.42. The number of aliphatic imine (C=N–C) groups is 1. The molecule has 9 heteroatoms. The maximum absolute atomic E-state index is 12.5. The molecule has 1 aromatic carbocycles. The maximum Gasteiger partial charge on any atom is 0.416 e. The third-order valence-electron chi connectivity index (χ3n) is 3.58. The molecule has 2 aromatic rings. The first-order chi connectivity index (χ1) is 12.8. The first-order valence-corrected chi connectivity index (χ1v) is 8.40. The van der Waals surface area contributed by atoms with E-state index < -0.39 is 11.7 Å². The Bertz CT molecular complexity index is 829. The van der Waals surface area contributed by atoms with E-state index in [4.69, 9.17) is 4.42 Å². The Morgan fingerprint density at radius 2 is 1.86 bits per heavy atom. The van der Waals surface area contributed by atoms with E-state index in [-0.39, 0.29) is 37.1 Å². The molecule has 0 saturated heterocycles. The lowest BCUT2D eigenvalue weighted by Gasteiger charge is -2.08. The lowest BCUT2D eigenvalue weighted by Crippen LogP contribution is -2.37. The molecule has 1 heterocycles. The van der Waals surface area contributed by atoms with Gasteiger partial charge in [0, 0.05) is 12.1 Å². The summed E-state index contributed by atoms with van der Waals surface area (Å²) in [5, 5.41) is 6.11. The Balaban J connectivity index is 0.00000392. The van der Waals surface area contributed by atoms with Crippen LogP contribution in [0, 0.1) is 25.7 Å². The minimum atomic E-state index is -4.34. The Labute approximate surface area is 179 Å². The van der Waals surface area contributed by atoms with Crippen LogP contribution in [-0.2, 0) is 12.7 Å². The number of hydrogen-bond acceptors (Lipinski definition) is 3. The molecule has 0 fully saturated rings. The molecule has 1 aromatic heterocycles. The Morgan fingerprint density at radius 3 is 2.39 bits per heavy atom. The van der Waals surface area contributed by atoms with Crippen LogP contribution in [0.1, 0.15) is 35.4 Å². The molecular formula is C19H22F3IN4O. The fourth-order valence-electron chi connectivity index (χ4n) is 2.11. The van der Waals surface area contributed by atoms with Crippen LogP contribution in [-0.4, -0.2) is 24.0 Å². The van der Waals surface area contributed by atoms with E-state index in [0.29, 0.717) is 24.0 Å². The van der Waals surface area contributed by atoms with Gasteiger partial charge in [-0.3, -0.25) is 0 Å². The van der Waals surface area contributed by atoms with Crippen LogP contribution < -0.4 is 10.6 Å². The molecule has 0 amide bonds. The third-order valence-corrected chi connectivity index (χ3v) is 3.58. The molecule has 0 bridgehead atoms. The van der Waals surface area contributed by atoms with E-state index >= 15 is 0 Å². The number of guanidine groups is 1. The Morgan fingerprint density at radius 1 is 1.18 bits per heavy atom. The fraction of sp³-hybridized carbons (Fsp3) is 0.368. The lowest BCUT2D eigenvalue weighted by atomic mass is 10.1. The van der Waals surface area contributed by atoms with Crippen molar-refractivity contribution in [1.82, 2.24) is 15.6 Å². The first-order valence-electron chi connectivity index (χ1n) is 8.40. The highest BCUT2D eigenvalue weighted by Gasteiger charge is 2.29. The molecule has 28 heavy (non-hydrogen) atoms. The summed E-state index contributed by atoms with van der Waals surface area (Å²) in [6.07, 6.45) is -4.34. The first kappa shape index (κ1) is 23.8.